The average molecular weight is 240 g/mol. The van der Waals surface area contributed by atoms with E-state index in [1.165, 1.54) is 6.92 Å². The second-order valence-electron chi connectivity index (χ2n) is 3.81. The van der Waals surface area contributed by atoms with Crippen LogP contribution in [0.15, 0.2) is 24.3 Å². The molecule has 1 aliphatic rings. The normalized spacial score (nSPS) is 19.2. The van der Waals surface area contributed by atoms with Gasteiger partial charge in [0.2, 0.25) is 0 Å². The summed E-state index contributed by atoms with van der Waals surface area (Å²) in [6.07, 6.45) is 8.65. The number of carbonyl (C=O) groups is 1. The highest BCUT2D eigenvalue weighted by molar-refractivity contribution is 5.66. The van der Waals surface area contributed by atoms with Crippen molar-refractivity contribution in [2.45, 2.75) is 39.1 Å². The number of carbonyl (C=O) groups excluding carboxylic acids is 1. The fourth-order valence-electron chi connectivity index (χ4n) is 1.58. The van der Waals surface area contributed by atoms with Gasteiger partial charge < -0.3 is 14.2 Å². The summed E-state index contributed by atoms with van der Waals surface area (Å²) in [5.41, 5.74) is 0. The maximum absolute atomic E-state index is 10.9. The second kappa shape index (κ2) is 8.03. The maximum Gasteiger partial charge on any atom is 0.303 e. The van der Waals surface area contributed by atoms with Crippen molar-refractivity contribution in [3.63, 3.8) is 0 Å². The highest BCUT2D eigenvalue weighted by Crippen LogP contribution is 2.14. The molecule has 1 heterocycles. The largest absolute Gasteiger partial charge is 0.458 e. The first-order valence-corrected chi connectivity index (χ1v) is 5.92. The van der Waals surface area contributed by atoms with Crippen molar-refractivity contribution < 1.29 is 19.0 Å². The van der Waals surface area contributed by atoms with Crippen LogP contribution in [0.3, 0.4) is 0 Å². The predicted molar refractivity (Wildman–Crippen MR) is 64.4 cm³/mol. The summed E-state index contributed by atoms with van der Waals surface area (Å²) in [7, 11) is 0. The number of hydrogen-bond acceptors (Lipinski definition) is 4. The Balaban J connectivity index is 2.35. The number of allylic oxidation sites excluding steroid dienone is 3. The lowest BCUT2D eigenvalue weighted by Gasteiger charge is -2.15. The molecule has 1 aliphatic heterocycles. The van der Waals surface area contributed by atoms with Crippen LogP contribution >= 0.6 is 0 Å². The van der Waals surface area contributed by atoms with Crippen LogP contribution in [0.5, 0.6) is 0 Å². The Morgan fingerprint density at radius 2 is 2.12 bits per heavy atom. The smallest absolute Gasteiger partial charge is 0.303 e. The van der Waals surface area contributed by atoms with Crippen LogP contribution in [-0.4, -0.2) is 31.6 Å². The fraction of sp³-hybridized carbons (Fsp3) is 0.615. The maximum atomic E-state index is 10.9. The van der Waals surface area contributed by atoms with E-state index in [2.05, 4.69) is 0 Å². The predicted octanol–water partition coefficient (Wildman–Crippen LogP) is 2.20. The Kier molecular flexibility index (Phi) is 6.58. The molecule has 0 bridgehead atoms. The van der Waals surface area contributed by atoms with Crippen LogP contribution in [0.4, 0.5) is 0 Å². The standard InChI is InChI=1S/C13H20O4/c1-3-4-5-6-12(17-11(2)14)7-8-13-15-9-10-16-13/h3-6,12-13H,7-10H2,1-2H3/b4-3+,6-5+. The SMILES string of the molecule is C/C=C/C=C/C(CCC1OCCO1)OC(C)=O. The van der Waals surface area contributed by atoms with E-state index in [0.717, 1.165) is 6.42 Å². The molecular formula is C13H20O4. The number of esters is 1. The minimum Gasteiger partial charge on any atom is -0.458 e. The van der Waals surface area contributed by atoms with Crippen molar-refractivity contribution in [3.05, 3.63) is 24.3 Å². The van der Waals surface area contributed by atoms with Gasteiger partial charge in [-0.3, -0.25) is 4.79 Å². The second-order valence-corrected chi connectivity index (χ2v) is 3.81. The van der Waals surface area contributed by atoms with Crippen LogP contribution < -0.4 is 0 Å². The van der Waals surface area contributed by atoms with E-state index in [1.54, 1.807) is 0 Å². The quantitative estimate of drug-likeness (QED) is 0.527. The Hall–Kier alpha value is -1.13. The van der Waals surface area contributed by atoms with Gasteiger partial charge >= 0.3 is 5.97 Å². The molecule has 0 spiro atoms. The van der Waals surface area contributed by atoms with Gasteiger partial charge in [0.1, 0.15) is 6.10 Å². The molecule has 0 N–H and O–H groups in total. The molecule has 0 radical (unpaired) electrons. The third-order valence-electron chi connectivity index (χ3n) is 2.32. The summed E-state index contributed by atoms with van der Waals surface area (Å²) >= 11 is 0. The molecule has 0 aromatic heterocycles. The Labute approximate surface area is 102 Å². The summed E-state index contributed by atoms with van der Waals surface area (Å²) in [6, 6.07) is 0. The van der Waals surface area contributed by atoms with E-state index >= 15 is 0 Å². The molecule has 1 saturated heterocycles. The van der Waals surface area contributed by atoms with E-state index in [9.17, 15) is 4.79 Å². The zero-order valence-corrected chi connectivity index (χ0v) is 10.4. The van der Waals surface area contributed by atoms with E-state index in [-0.39, 0.29) is 18.4 Å². The van der Waals surface area contributed by atoms with Gasteiger partial charge in [-0.2, -0.15) is 0 Å². The van der Waals surface area contributed by atoms with Gasteiger partial charge in [0.25, 0.3) is 0 Å². The fourth-order valence-corrected chi connectivity index (χ4v) is 1.58. The van der Waals surface area contributed by atoms with Gasteiger partial charge in [0, 0.05) is 13.3 Å². The summed E-state index contributed by atoms with van der Waals surface area (Å²) in [5, 5.41) is 0. The van der Waals surface area contributed by atoms with Crippen LogP contribution in [-0.2, 0) is 19.0 Å². The average Bonchev–Trinajstić information content (AvgIpc) is 2.78. The Morgan fingerprint density at radius 1 is 1.41 bits per heavy atom. The molecular weight excluding hydrogens is 220 g/mol. The highest BCUT2D eigenvalue weighted by atomic mass is 16.7. The summed E-state index contributed by atoms with van der Waals surface area (Å²) in [5.74, 6) is -0.270. The van der Waals surface area contributed by atoms with Crippen molar-refractivity contribution >= 4 is 5.97 Å². The molecule has 1 unspecified atom stereocenters. The van der Waals surface area contributed by atoms with Crippen LogP contribution in [0.2, 0.25) is 0 Å². The van der Waals surface area contributed by atoms with Gasteiger partial charge in [-0.25, -0.2) is 0 Å². The number of hydrogen-bond donors (Lipinski definition) is 0. The third kappa shape index (κ3) is 6.24. The number of rotatable bonds is 6. The molecule has 1 rings (SSSR count). The molecule has 0 aliphatic carbocycles. The van der Waals surface area contributed by atoms with Gasteiger partial charge in [0.15, 0.2) is 6.29 Å². The first kappa shape index (κ1) is 13.9. The molecule has 0 amide bonds. The summed E-state index contributed by atoms with van der Waals surface area (Å²) in [6.45, 7) is 4.65. The van der Waals surface area contributed by atoms with Crippen LogP contribution in [0.1, 0.15) is 26.7 Å². The van der Waals surface area contributed by atoms with Gasteiger partial charge in [-0.05, 0) is 19.4 Å². The molecule has 17 heavy (non-hydrogen) atoms. The lowest BCUT2D eigenvalue weighted by molar-refractivity contribution is -0.145. The van der Waals surface area contributed by atoms with Crippen molar-refractivity contribution in [1.29, 1.82) is 0 Å². The van der Waals surface area contributed by atoms with Gasteiger partial charge in [0.05, 0.1) is 13.2 Å². The summed E-state index contributed by atoms with van der Waals surface area (Å²) < 4.78 is 15.9. The molecule has 4 heteroatoms. The van der Waals surface area contributed by atoms with Crippen molar-refractivity contribution in [1.82, 2.24) is 0 Å². The Bertz CT molecular complexity index is 277. The Morgan fingerprint density at radius 3 is 2.71 bits per heavy atom. The first-order chi connectivity index (χ1) is 8.22. The number of ether oxygens (including phenoxy) is 3. The van der Waals surface area contributed by atoms with Crippen molar-refractivity contribution in [2.24, 2.45) is 0 Å². The lowest BCUT2D eigenvalue weighted by atomic mass is 10.1. The lowest BCUT2D eigenvalue weighted by Crippen LogP contribution is -2.17. The highest BCUT2D eigenvalue weighted by Gasteiger charge is 2.18. The molecule has 1 fully saturated rings. The van der Waals surface area contributed by atoms with Crippen molar-refractivity contribution in [3.8, 4) is 0 Å². The monoisotopic (exact) mass is 240 g/mol. The van der Waals surface area contributed by atoms with Crippen LogP contribution in [0, 0.1) is 0 Å². The molecule has 0 aromatic carbocycles. The van der Waals surface area contributed by atoms with E-state index in [4.69, 9.17) is 14.2 Å². The minimum atomic E-state index is -0.270. The molecule has 0 saturated carbocycles. The van der Waals surface area contributed by atoms with E-state index in [0.29, 0.717) is 19.6 Å². The van der Waals surface area contributed by atoms with Crippen molar-refractivity contribution in [2.75, 3.05) is 13.2 Å². The van der Waals surface area contributed by atoms with Gasteiger partial charge in [-0.1, -0.05) is 18.2 Å². The zero-order valence-electron chi connectivity index (χ0n) is 10.4. The topological polar surface area (TPSA) is 44.8 Å². The van der Waals surface area contributed by atoms with Crippen LogP contribution in [0.25, 0.3) is 0 Å². The minimum absolute atomic E-state index is 0.150. The third-order valence-corrected chi connectivity index (χ3v) is 2.32. The molecule has 1 atom stereocenters. The first-order valence-electron chi connectivity index (χ1n) is 5.92. The van der Waals surface area contributed by atoms with E-state index in [1.807, 2.05) is 31.2 Å². The zero-order chi connectivity index (χ0) is 12.5. The molecule has 96 valence electrons. The van der Waals surface area contributed by atoms with E-state index < -0.39 is 0 Å². The van der Waals surface area contributed by atoms with Gasteiger partial charge in [-0.15, -0.1) is 0 Å². The molecule has 4 nitrogen and oxygen atoms in total. The summed E-state index contributed by atoms with van der Waals surface area (Å²) in [4.78, 5) is 10.9. The molecule has 0 aromatic rings.